The van der Waals surface area contributed by atoms with Crippen molar-refractivity contribution in [2.45, 2.75) is 38.5 Å². The highest BCUT2D eigenvalue weighted by Crippen LogP contribution is 2.62. The molecule has 0 saturated heterocycles. The lowest BCUT2D eigenvalue weighted by Crippen LogP contribution is -2.15. The summed E-state index contributed by atoms with van der Waals surface area (Å²) in [5, 5.41) is 2.46. The normalized spacial score (nSPS) is 18.2. The SMILES string of the molecule is CC(C)(C)c1ccc2c(c1)C=C(c1cc(C(F)(F)F)cc(C(F)(F)F)c1)P(=O)(Oc1ccccc1)N2. The van der Waals surface area contributed by atoms with Gasteiger partial charge in [-0.1, -0.05) is 45.0 Å². The summed E-state index contributed by atoms with van der Waals surface area (Å²) >= 11 is 0. The van der Waals surface area contributed by atoms with Crippen LogP contribution in [-0.2, 0) is 22.3 Å². The average Bonchev–Trinajstić information content (AvgIpc) is 2.76. The van der Waals surface area contributed by atoms with Gasteiger partial charge in [0.2, 0.25) is 0 Å². The summed E-state index contributed by atoms with van der Waals surface area (Å²) in [6, 6.07) is 14.2. The lowest BCUT2D eigenvalue weighted by molar-refractivity contribution is -0.143. The molecule has 0 bridgehead atoms. The van der Waals surface area contributed by atoms with E-state index in [1.54, 1.807) is 30.3 Å². The third-order valence-corrected chi connectivity index (χ3v) is 7.68. The van der Waals surface area contributed by atoms with E-state index >= 15 is 0 Å². The van der Waals surface area contributed by atoms with Crippen molar-refractivity contribution in [1.29, 1.82) is 0 Å². The van der Waals surface area contributed by atoms with Crippen LogP contribution in [0.3, 0.4) is 0 Å². The fourth-order valence-electron chi connectivity index (χ4n) is 3.76. The molecule has 1 unspecified atom stereocenters. The highest BCUT2D eigenvalue weighted by atomic mass is 31.2. The van der Waals surface area contributed by atoms with Gasteiger partial charge in [-0.2, -0.15) is 26.3 Å². The second kappa shape index (κ2) is 8.73. The van der Waals surface area contributed by atoms with Crippen LogP contribution in [0.2, 0.25) is 0 Å². The van der Waals surface area contributed by atoms with Crippen LogP contribution in [0.25, 0.3) is 11.4 Å². The molecule has 0 aromatic heterocycles. The van der Waals surface area contributed by atoms with E-state index in [0.717, 1.165) is 5.56 Å². The topological polar surface area (TPSA) is 38.3 Å². The van der Waals surface area contributed by atoms with Crippen LogP contribution < -0.4 is 9.61 Å². The van der Waals surface area contributed by atoms with E-state index < -0.39 is 36.6 Å². The molecule has 1 heterocycles. The van der Waals surface area contributed by atoms with E-state index in [4.69, 9.17) is 4.52 Å². The molecule has 0 amide bonds. The lowest BCUT2D eigenvalue weighted by Gasteiger charge is -2.30. The monoisotopic (exact) mass is 525 g/mol. The van der Waals surface area contributed by atoms with Crippen LogP contribution in [0, 0.1) is 0 Å². The first-order valence-corrected chi connectivity index (χ1v) is 12.5. The molecule has 4 rings (SSSR count). The fourth-order valence-corrected chi connectivity index (χ4v) is 5.74. The van der Waals surface area contributed by atoms with Gasteiger partial charge in [-0.25, -0.2) is 4.57 Å². The fraction of sp³-hybridized carbons (Fsp3) is 0.231. The van der Waals surface area contributed by atoms with Crippen LogP contribution in [0.1, 0.15) is 48.6 Å². The predicted octanol–water partition coefficient (Wildman–Crippen LogP) is 9.22. The van der Waals surface area contributed by atoms with Gasteiger partial charge in [-0.15, -0.1) is 0 Å². The van der Waals surface area contributed by atoms with Gasteiger partial charge < -0.3 is 9.61 Å². The molecule has 1 atom stereocenters. The van der Waals surface area contributed by atoms with Crippen LogP contribution in [0.15, 0.2) is 66.7 Å². The summed E-state index contributed by atoms with van der Waals surface area (Å²) < 4.78 is 101. The van der Waals surface area contributed by atoms with Crippen LogP contribution in [0.4, 0.5) is 32.0 Å². The minimum absolute atomic E-state index is 0.0367. The molecule has 0 fully saturated rings. The molecule has 3 aromatic rings. The Balaban J connectivity index is 1.97. The third kappa shape index (κ3) is 5.31. The van der Waals surface area contributed by atoms with Gasteiger partial charge in [-0.3, -0.25) is 0 Å². The van der Waals surface area contributed by atoms with Gasteiger partial charge >= 0.3 is 19.9 Å². The van der Waals surface area contributed by atoms with Crippen molar-refractivity contribution in [3.8, 4) is 5.75 Å². The molecule has 0 radical (unpaired) electrons. The van der Waals surface area contributed by atoms with Gasteiger partial charge in [0.25, 0.3) is 0 Å². The summed E-state index contributed by atoms with van der Waals surface area (Å²) in [4.78, 5) is 0. The quantitative estimate of drug-likeness (QED) is 0.274. The first-order valence-electron chi connectivity index (χ1n) is 10.9. The number of anilines is 1. The predicted molar refractivity (Wildman–Crippen MR) is 128 cm³/mol. The number of fused-ring (bicyclic) bond motifs is 1. The Morgan fingerprint density at radius 2 is 1.33 bits per heavy atom. The summed E-state index contributed by atoms with van der Waals surface area (Å²) in [7, 11) is -4.22. The summed E-state index contributed by atoms with van der Waals surface area (Å²) in [5.74, 6) is 0.136. The maximum Gasteiger partial charge on any atom is 0.416 e. The second-order valence-electron chi connectivity index (χ2n) is 9.44. The van der Waals surface area contributed by atoms with Crippen molar-refractivity contribution >= 4 is 24.6 Å². The van der Waals surface area contributed by atoms with E-state index in [1.165, 1.54) is 18.2 Å². The molecule has 1 N–H and O–H groups in total. The zero-order chi connectivity index (χ0) is 26.5. The zero-order valence-corrected chi connectivity index (χ0v) is 20.4. The Morgan fingerprint density at radius 3 is 1.86 bits per heavy atom. The average molecular weight is 525 g/mol. The van der Waals surface area contributed by atoms with Crippen molar-refractivity contribution in [2.75, 3.05) is 5.09 Å². The van der Waals surface area contributed by atoms with Crippen molar-refractivity contribution in [3.05, 3.63) is 94.5 Å². The molecule has 3 nitrogen and oxygen atoms in total. The highest BCUT2D eigenvalue weighted by Gasteiger charge is 2.41. The molecule has 0 saturated carbocycles. The lowest BCUT2D eigenvalue weighted by atomic mass is 9.86. The Bertz CT molecular complexity index is 1340. The molecule has 10 heteroatoms. The first-order chi connectivity index (χ1) is 16.6. The molecule has 1 aliphatic heterocycles. The summed E-state index contributed by atoms with van der Waals surface area (Å²) in [6.07, 6.45) is -8.78. The van der Waals surface area contributed by atoms with Crippen molar-refractivity contribution in [3.63, 3.8) is 0 Å². The molecule has 0 aliphatic carbocycles. The Morgan fingerprint density at radius 1 is 0.750 bits per heavy atom. The molecule has 0 spiro atoms. The van der Waals surface area contributed by atoms with Gasteiger partial charge in [0.15, 0.2) is 0 Å². The highest BCUT2D eigenvalue weighted by molar-refractivity contribution is 7.72. The third-order valence-electron chi connectivity index (χ3n) is 5.66. The Kier molecular flexibility index (Phi) is 6.28. The van der Waals surface area contributed by atoms with E-state index in [-0.39, 0.29) is 22.5 Å². The number of benzene rings is 3. The number of hydrogen-bond donors (Lipinski definition) is 1. The number of hydrogen-bond acceptors (Lipinski definition) is 2. The van der Waals surface area contributed by atoms with E-state index in [9.17, 15) is 30.9 Å². The van der Waals surface area contributed by atoms with Gasteiger partial charge in [0.05, 0.1) is 16.4 Å². The number of rotatable bonds is 3. The minimum Gasteiger partial charge on any atom is -0.426 e. The van der Waals surface area contributed by atoms with Crippen LogP contribution in [-0.4, -0.2) is 0 Å². The van der Waals surface area contributed by atoms with Gasteiger partial charge in [0.1, 0.15) is 5.75 Å². The standard InChI is InChI=1S/C26H22F6NO2P/c1-24(2,3)18-9-10-22-16(11-18)14-23(36(34,33-22)35-21-7-5-4-6-8-21)17-12-19(25(27,28)29)15-20(13-17)26(30,31)32/h4-15H,1-3H3,(H,33,34). The molecule has 36 heavy (non-hydrogen) atoms. The Hall–Kier alpha value is -3.19. The minimum atomic E-state index is -5.06. The molecule has 190 valence electrons. The van der Waals surface area contributed by atoms with Crippen molar-refractivity contribution < 1.29 is 35.4 Å². The molecule has 3 aromatic carbocycles. The summed E-state index contributed by atoms with van der Waals surface area (Å²) in [5.41, 5.74) is -2.08. The van der Waals surface area contributed by atoms with Crippen molar-refractivity contribution in [1.82, 2.24) is 0 Å². The maximum absolute atomic E-state index is 14.1. The summed E-state index contributed by atoms with van der Waals surface area (Å²) in [6.45, 7) is 5.88. The number of halogens is 6. The van der Waals surface area contributed by atoms with Crippen LogP contribution in [0.5, 0.6) is 5.75 Å². The van der Waals surface area contributed by atoms with Crippen molar-refractivity contribution in [2.24, 2.45) is 0 Å². The largest absolute Gasteiger partial charge is 0.426 e. The molecular weight excluding hydrogens is 503 g/mol. The molecular formula is C26H22F6NO2P. The number of alkyl halides is 6. The maximum atomic E-state index is 14.1. The first kappa shape index (κ1) is 25.9. The number of nitrogens with one attached hydrogen (secondary N) is 1. The number of para-hydroxylation sites is 1. The van der Waals surface area contributed by atoms with Crippen LogP contribution >= 0.6 is 7.52 Å². The Labute approximate surface area is 204 Å². The van der Waals surface area contributed by atoms with E-state index in [2.05, 4.69) is 5.09 Å². The van der Waals surface area contributed by atoms with Gasteiger partial charge in [0, 0.05) is 5.69 Å². The van der Waals surface area contributed by atoms with E-state index in [0.29, 0.717) is 23.4 Å². The molecule has 1 aliphatic rings. The van der Waals surface area contributed by atoms with Gasteiger partial charge in [-0.05, 0) is 70.6 Å². The zero-order valence-electron chi connectivity index (χ0n) is 19.5. The smallest absolute Gasteiger partial charge is 0.416 e. The van der Waals surface area contributed by atoms with E-state index in [1.807, 2.05) is 26.8 Å². The second-order valence-corrected chi connectivity index (χ2v) is 11.4.